The number of thiophene rings is 1. The van der Waals surface area contributed by atoms with Crippen molar-refractivity contribution in [3.63, 3.8) is 0 Å². The molecular formula is C21H27N3OS. The number of aryl methyl sites for hydroxylation is 2. The molecule has 2 heterocycles. The van der Waals surface area contributed by atoms with E-state index in [-0.39, 0.29) is 5.91 Å². The fourth-order valence-corrected chi connectivity index (χ4v) is 4.96. The molecule has 0 spiro atoms. The first-order chi connectivity index (χ1) is 12.7. The van der Waals surface area contributed by atoms with Crippen LogP contribution in [0.15, 0.2) is 30.3 Å². The summed E-state index contributed by atoms with van der Waals surface area (Å²) in [5, 5.41) is 3.10. The first kappa shape index (κ1) is 17.7. The summed E-state index contributed by atoms with van der Waals surface area (Å²) < 4.78 is 0. The SMILES string of the molecule is CN1CCN(Cc2cccc(NC(=O)c3cc4c(s3)CCCC4)c2)CC1. The molecule has 2 aliphatic rings. The van der Waals surface area contributed by atoms with Crippen LogP contribution >= 0.6 is 11.3 Å². The number of hydrogen-bond acceptors (Lipinski definition) is 4. The van der Waals surface area contributed by atoms with Crippen molar-refractivity contribution in [1.29, 1.82) is 0 Å². The standard InChI is InChI=1S/C21H27N3OS/c1-23-9-11-24(12-10-23)15-16-5-4-7-18(13-16)22-21(25)20-14-17-6-2-3-8-19(17)26-20/h4-5,7,13-14H,2-3,6,8-12,15H2,1H3,(H,22,25). The van der Waals surface area contributed by atoms with Crippen molar-refractivity contribution in [3.8, 4) is 0 Å². The summed E-state index contributed by atoms with van der Waals surface area (Å²) in [4.78, 5) is 19.8. The zero-order valence-corrected chi connectivity index (χ0v) is 16.3. The third kappa shape index (κ3) is 4.17. The topological polar surface area (TPSA) is 35.6 Å². The molecule has 1 aliphatic carbocycles. The van der Waals surface area contributed by atoms with Gasteiger partial charge >= 0.3 is 0 Å². The number of amides is 1. The van der Waals surface area contributed by atoms with E-state index in [4.69, 9.17) is 0 Å². The van der Waals surface area contributed by atoms with Crippen LogP contribution in [0.2, 0.25) is 0 Å². The zero-order chi connectivity index (χ0) is 17.9. The van der Waals surface area contributed by atoms with Crippen molar-refractivity contribution in [2.45, 2.75) is 32.2 Å². The van der Waals surface area contributed by atoms with Crippen molar-refractivity contribution in [2.75, 3.05) is 38.5 Å². The highest BCUT2D eigenvalue weighted by molar-refractivity contribution is 7.14. The van der Waals surface area contributed by atoms with Gasteiger partial charge in [0.15, 0.2) is 0 Å². The number of likely N-dealkylation sites (N-methyl/N-ethyl adjacent to an activating group) is 1. The molecule has 1 aromatic heterocycles. The lowest BCUT2D eigenvalue weighted by molar-refractivity contribution is 0.103. The van der Waals surface area contributed by atoms with Gasteiger partial charge in [0.05, 0.1) is 4.88 Å². The van der Waals surface area contributed by atoms with Crippen LogP contribution in [0.5, 0.6) is 0 Å². The smallest absolute Gasteiger partial charge is 0.265 e. The van der Waals surface area contributed by atoms with Gasteiger partial charge in [-0.2, -0.15) is 0 Å². The normalized spacial score (nSPS) is 18.5. The Morgan fingerprint density at radius 3 is 2.73 bits per heavy atom. The Morgan fingerprint density at radius 1 is 1.12 bits per heavy atom. The number of nitrogens with one attached hydrogen (secondary N) is 1. The van der Waals surface area contributed by atoms with E-state index in [2.05, 4.69) is 40.4 Å². The monoisotopic (exact) mass is 369 g/mol. The average molecular weight is 370 g/mol. The summed E-state index contributed by atoms with van der Waals surface area (Å²) in [6, 6.07) is 10.4. The molecule has 0 atom stereocenters. The molecule has 4 rings (SSSR count). The summed E-state index contributed by atoms with van der Waals surface area (Å²) >= 11 is 1.67. The van der Waals surface area contributed by atoms with Crippen LogP contribution in [0.4, 0.5) is 5.69 Å². The molecule has 1 N–H and O–H groups in total. The summed E-state index contributed by atoms with van der Waals surface area (Å²) in [6.45, 7) is 5.41. The number of benzene rings is 1. The minimum Gasteiger partial charge on any atom is -0.321 e. The van der Waals surface area contributed by atoms with Gasteiger partial charge < -0.3 is 10.2 Å². The number of piperazine rings is 1. The number of fused-ring (bicyclic) bond motifs is 1. The van der Waals surface area contributed by atoms with Crippen LogP contribution in [0.1, 0.15) is 38.5 Å². The van der Waals surface area contributed by atoms with Crippen LogP contribution in [0, 0.1) is 0 Å². The van der Waals surface area contributed by atoms with E-state index in [1.54, 1.807) is 11.3 Å². The van der Waals surface area contributed by atoms with E-state index < -0.39 is 0 Å². The quantitative estimate of drug-likeness (QED) is 0.894. The summed E-state index contributed by atoms with van der Waals surface area (Å²) in [6.07, 6.45) is 4.76. The van der Waals surface area contributed by atoms with E-state index in [9.17, 15) is 4.79 Å². The minimum absolute atomic E-state index is 0.0288. The highest BCUT2D eigenvalue weighted by Crippen LogP contribution is 2.30. The maximum Gasteiger partial charge on any atom is 0.265 e. The van der Waals surface area contributed by atoms with E-state index in [1.165, 1.54) is 28.8 Å². The molecule has 138 valence electrons. The molecule has 26 heavy (non-hydrogen) atoms. The summed E-state index contributed by atoms with van der Waals surface area (Å²) in [7, 11) is 2.18. The third-order valence-electron chi connectivity index (χ3n) is 5.41. The van der Waals surface area contributed by atoms with Crippen molar-refractivity contribution >= 4 is 22.9 Å². The second kappa shape index (κ2) is 7.91. The molecule has 1 aliphatic heterocycles. The molecule has 1 saturated heterocycles. The lowest BCUT2D eigenvalue weighted by Crippen LogP contribution is -2.43. The zero-order valence-electron chi connectivity index (χ0n) is 15.5. The molecule has 0 radical (unpaired) electrons. The Labute approximate surface area is 159 Å². The second-order valence-electron chi connectivity index (χ2n) is 7.50. The van der Waals surface area contributed by atoms with Gasteiger partial charge in [0.25, 0.3) is 5.91 Å². The van der Waals surface area contributed by atoms with Crippen LogP contribution in [-0.2, 0) is 19.4 Å². The first-order valence-corrected chi connectivity index (χ1v) is 10.4. The number of carbonyl (C=O) groups is 1. The number of hydrogen-bond donors (Lipinski definition) is 1. The molecule has 0 saturated carbocycles. The summed E-state index contributed by atoms with van der Waals surface area (Å²) in [5.41, 5.74) is 3.54. The average Bonchev–Trinajstić information content (AvgIpc) is 3.08. The highest BCUT2D eigenvalue weighted by atomic mass is 32.1. The number of nitrogens with zero attached hydrogens (tertiary/aromatic N) is 2. The van der Waals surface area contributed by atoms with Crippen LogP contribution < -0.4 is 5.32 Å². The molecule has 2 aromatic rings. The van der Waals surface area contributed by atoms with Crippen LogP contribution in [-0.4, -0.2) is 48.9 Å². The maximum absolute atomic E-state index is 12.7. The summed E-state index contributed by atoms with van der Waals surface area (Å²) in [5.74, 6) is 0.0288. The Morgan fingerprint density at radius 2 is 1.92 bits per heavy atom. The molecule has 5 heteroatoms. The van der Waals surface area contributed by atoms with Crippen molar-refractivity contribution in [3.05, 3.63) is 51.2 Å². The fraction of sp³-hybridized carbons (Fsp3) is 0.476. The molecule has 1 fully saturated rings. The molecule has 4 nitrogen and oxygen atoms in total. The van der Waals surface area contributed by atoms with E-state index in [1.807, 2.05) is 12.1 Å². The molecule has 0 bridgehead atoms. The predicted octanol–water partition coefficient (Wildman–Crippen LogP) is 3.63. The van der Waals surface area contributed by atoms with Gasteiger partial charge in [0.2, 0.25) is 0 Å². The second-order valence-corrected chi connectivity index (χ2v) is 8.64. The van der Waals surface area contributed by atoms with Gasteiger partial charge in [-0.25, -0.2) is 0 Å². The number of rotatable bonds is 4. The Kier molecular flexibility index (Phi) is 5.38. The van der Waals surface area contributed by atoms with Crippen LogP contribution in [0.3, 0.4) is 0 Å². The largest absolute Gasteiger partial charge is 0.321 e. The van der Waals surface area contributed by atoms with Gasteiger partial charge in [-0.3, -0.25) is 9.69 Å². The lowest BCUT2D eigenvalue weighted by atomic mass is 9.99. The maximum atomic E-state index is 12.7. The third-order valence-corrected chi connectivity index (χ3v) is 6.64. The Hall–Kier alpha value is -1.69. The Balaban J connectivity index is 1.40. The fourth-order valence-electron chi connectivity index (χ4n) is 3.81. The molecule has 1 amide bonds. The van der Waals surface area contributed by atoms with E-state index in [0.29, 0.717) is 0 Å². The van der Waals surface area contributed by atoms with Crippen molar-refractivity contribution in [2.24, 2.45) is 0 Å². The first-order valence-electron chi connectivity index (χ1n) is 9.60. The highest BCUT2D eigenvalue weighted by Gasteiger charge is 2.18. The van der Waals surface area contributed by atoms with Gasteiger partial charge in [0.1, 0.15) is 0 Å². The number of anilines is 1. The van der Waals surface area contributed by atoms with Gasteiger partial charge in [0, 0.05) is 43.3 Å². The van der Waals surface area contributed by atoms with Gasteiger partial charge in [-0.05, 0) is 62.1 Å². The molecule has 0 unspecified atom stereocenters. The van der Waals surface area contributed by atoms with E-state index >= 15 is 0 Å². The van der Waals surface area contributed by atoms with Gasteiger partial charge in [-0.15, -0.1) is 11.3 Å². The van der Waals surface area contributed by atoms with Crippen molar-refractivity contribution < 1.29 is 4.79 Å². The predicted molar refractivity (Wildman–Crippen MR) is 108 cm³/mol. The van der Waals surface area contributed by atoms with Crippen molar-refractivity contribution in [1.82, 2.24) is 9.80 Å². The van der Waals surface area contributed by atoms with Crippen LogP contribution in [0.25, 0.3) is 0 Å². The minimum atomic E-state index is 0.0288. The van der Waals surface area contributed by atoms with E-state index in [0.717, 1.165) is 56.1 Å². The Bertz CT molecular complexity index is 754. The molecular weight excluding hydrogens is 342 g/mol. The lowest BCUT2D eigenvalue weighted by Gasteiger charge is -2.32. The molecule has 1 aromatic carbocycles. The van der Waals surface area contributed by atoms with Gasteiger partial charge in [-0.1, -0.05) is 12.1 Å². The number of carbonyl (C=O) groups excluding carboxylic acids is 1.